The van der Waals surface area contributed by atoms with Crippen LogP contribution in [0.5, 0.6) is 23.4 Å². The first-order chi connectivity index (χ1) is 26.1. The molecule has 280 valence electrons. The highest BCUT2D eigenvalue weighted by Crippen LogP contribution is 2.46. The lowest BCUT2D eigenvalue weighted by Crippen LogP contribution is -2.32. The number of phenols is 1. The van der Waals surface area contributed by atoms with Crippen molar-refractivity contribution < 1.29 is 42.4 Å². The topological polar surface area (TPSA) is 148 Å². The van der Waals surface area contributed by atoms with Crippen LogP contribution in [-0.4, -0.2) is 63.0 Å². The van der Waals surface area contributed by atoms with E-state index in [0.29, 0.717) is 63.6 Å². The first-order valence-corrected chi connectivity index (χ1v) is 17.6. The van der Waals surface area contributed by atoms with E-state index in [0.717, 1.165) is 0 Å². The van der Waals surface area contributed by atoms with Crippen molar-refractivity contribution in [1.82, 2.24) is 19.9 Å². The number of para-hydroxylation sites is 1. The first kappa shape index (κ1) is 38.0. The van der Waals surface area contributed by atoms with Gasteiger partial charge in [-0.05, 0) is 86.8 Å². The summed E-state index contributed by atoms with van der Waals surface area (Å²) in [6.45, 7) is 8.24. The molecule has 0 amide bonds. The predicted molar refractivity (Wildman–Crippen MR) is 198 cm³/mol. The van der Waals surface area contributed by atoms with Crippen LogP contribution in [0, 0.1) is 12.7 Å². The number of carbonyl (C=O) groups excluding carboxylic acids is 1. The summed E-state index contributed by atoms with van der Waals surface area (Å²) in [5.41, 5.74) is 3.49. The van der Waals surface area contributed by atoms with E-state index in [4.69, 9.17) is 39.7 Å². The molecule has 0 radical (unpaired) electrons. The molecule has 6 aromatic rings. The predicted octanol–water partition coefficient (Wildman–Crippen LogP) is 8.09. The molecule has 0 saturated carbocycles. The second kappa shape index (κ2) is 17.4. The fourth-order valence-electron chi connectivity index (χ4n) is 5.65. The smallest absolute Gasteiger partial charge is 0.347 e. The fourth-order valence-corrected chi connectivity index (χ4v) is 5.81. The van der Waals surface area contributed by atoms with Crippen LogP contribution >= 0.6 is 11.6 Å². The first-order valence-electron chi connectivity index (χ1n) is 17.2. The largest absolute Gasteiger partial charge is 0.506 e. The van der Waals surface area contributed by atoms with Gasteiger partial charge in [-0.25, -0.2) is 24.1 Å². The molecule has 0 aliphatic rings. The summed E-state index contributed by atoms with van der Waals surface area (Å²) >= 11 is 6.50. The number of aromatic nitrogens is 4. The third-order valence-electron chi connectivity index (χ3n) is 8.21. The van der Waals surface area contributed by atoms with Gasteiger partial charge in [-0.15, -0.1) is 0 Å². The van der Waals surface area contributed by atoms with Crippen LogP contribution in [0.3, 0.4) is 0 Å². The summed E-state index contributed by atoms with van der Waals surface area (Å²) in [5, 5.41) is 10.8. The van der Waals surface area contributed by atoms with Crippen molar-refractivity contribution in [2.24, 2.45) is 0 Å². The molecule has 0 spiro atoms. The number of carbonyl (C=O) groups is 1. The molecule has 0 aliphatic heterocycles. The quantitative estimate of drug-likeness (QED) is 0.0752. The van der Waals surface area contributed by atoms with Gasteiger partial charge in [0.15, 0.2) is 0 Å². The van der Waals surface area contributed by atoms with Gasteiger partial charge >= 0.3 is 12.0 Å². The standard InChI is InChI=1S/C40H38ClFN4O8/c1-5-49-39(48)32(20-26-8-6-7-9-31(26)52-21-28-16-17-43-40(46-28)51-19-18-50-23(2)3)53-37-34-33(29-14-15-30(47)35(41)24(29)4)36(54-38(34)45-22-44-37)25-10-12-27(42)13-11-25/h6-17,22-23,32,47H,5,18-21H2,1-4H3. The lowest BCUT2D eigenvalue weighted by atomic mass is 9.95. The summed E-state index contributed by atoms with van der Waals surface area (Å²) in [5.74, 6) is -0.319. The van der Waals surface area contributed by atoms with Crippen molar-refractivity contribution in [2.45, 2.75) is 52.9 Å². The van der Waals surface area contributed by atoms with Crippen molar-refractivity contribution in [3.05, 3.63) is 107 Å². The van der Waals surface area contributed by atoms with E-state index < -0.39 is 17.9 Å². The van der Waals surface area contributed by atoms with Crippen LogP contribution in [0.15, 0.2) is 83.7 Å². The number of phenolic OH excluding ortho intramolecular Hbond substituents is 1. The Kier molecular flexibility index (Phi) is 12.2. The molecule has 12 nitrogen and oxygen atoms in total. The van der Waals surface area contributed by atoms with Crippen molar-refractivity contribution >= 4 is 28.7 Å². The number of rotatable bonds is 16. The minimum absolute atomic E-state index is 0.0273. The Bertz CT molecular complexity index is 2230. The summed E-state index contributed by atoms with van der Waals surface area (Å²) in [7, 11) is 0. The normalized spacial score (nSPS) is 11.8. The Balaban J connectivity index is 1.32. The number of fused-ring (bicyclic) bond motifs is 1. The number of halogens is 2. The highest BCUT2D eigenvalue weighted by Gasteiger charge is 2.30. The zero-order valence-corrected chi connectivity index (χ0v) is 30.8. The lowest BCUT2D eigenvalue weighted by molar-refractivity contribution is -0.151. The van der Waals surface area contributed by atoms with Crippen molar-refractivity contribution in [2.75, 3.05) is 19.8 Å². The molecule has 6 rings (SSSR count). The molecule has 3 heterocycles. The molecule has 1 atom stereocenters. The Morgan fingerprint density at radius 2 is 1.78 bits per heavy atom. The molecular formula is C40H38ClFN4O8. The fraction of sp³-hybridized carbons (Fsp3) is 0.275. The molecule has 0 saturated heterocycles. The molecule has 3 aromatic heterocycles. The highest BCUT2D eigenvalue weighted by molar-refractivity contribution is 6.33. The van der Waals surface area contributed by atoms with Crippen molar-refractivity contribution in [1.29, 1.82) is 0 Å². The average molecular weight is 757 g/mol. The van der Waals surface area contributed by atoms with Crippen LogP contribution in [0.25, 0.3) is 33.6 Å². The minimum Gasteiger partial charge on any atom is -0.506 e. The summed E-state index contributed by atoms with van der Waals surface area (Å²) in [6, 6.07) is 18.1. The maximum absolute atomic E-state index is 14.0. The Labute approximate surface area is 315 Å². The second-order valence-electron chi connectivity index (χ2n) is 12.3. The maximum atomic E-state index is 14.0. The van der Waals surface area contributed by atoms with E-state index >= 15 is 0 Å². The summed E-state index contributed by atoms with van der Waals surface area (Å²) in [6.07, 6.45) is 1.77. The van der Waals surface area contributed by atoms with Crippen LogP contribution in [-0.2, 0) is 27.3 Å². The van der Waals surface area contributed by atoms with Gasteiger partial charge in [-0.2, -0.15) is 4.98 Å². The summed E-state index contributed by atoms with van der Waals surface area (Å²) < 4.78 is 49.5. The third kappa shape index (κ3) is 8.87. The van der Waals surface area contributed by atoms with Crippen LogP contribution in [0.2, 0.25) is 5.02 Å². The molecule has 0 aliphatic carbocycles. The number of esters is 1. The van der Waals surface area contributed by atoms with Gasteiger partial charge in [0.2, 0.25) is 17.7 Å². The molecule has 14 heteroatoms. The Morgan fingerprint density at radius 3 is 2.56 bits per heavy atom. The van der Waals surface area contributed by atoms with E-state index in [1.165, 1.54) is 24.5 Å². The van der Waals surface area contributed by atoms with Crippen molar-refractivity contribution in [3.63, 3.8) is 0 Å². The van der Waals surface area contributed by atoms with E-state index in [-0.39, 0.29) is 54.1 Å². The second-order valence-corrected chi connectivity index (χ2v) is 12.7. The van der Waals surface area contributed by atoms with Gasteiger partial charge in [-0.1, -0.05) is 35.9 Å². The minimum atomic E-state index is -1.19. The number of ether oxygens (including phenoxy) is 5. The maximum Gasteiger partial charge on any atom is 0.347 e. The highest BCUT2D eigenvalue weighted by atomic mass is 35.5. The van der Waals surface area contributed by atoms with Gasteiger partial charge in [-0.3, -0.25) is 0 Å². The Morgan fingerprint density at radius 1 is 0.981 bits per heavy atom. The number of benzene rings is 3. The van der Waals surface area contributed by atoms with Gasteiger partial charge in [0.1, 0.15) is 48.0 Å². The van der Waals surface area contributed by atoms with E-state index in [2.05, 4.69) is 19.9 Å². The van der Waals surface area contributed by atoms with Gasteiger partial charge in [0.05, 0.1) is 30.0 Å². The van der Waals surface area contributed by atoms with Gasteiger partial charge in [0, 0.05) is 23.7 Å². The zero-order chi connectivity index (χ0) is 38.2. The third-order valence-corrected chi connectivity index (χ3v) is 8.69. The van der Waals surface area contributed by atoms with Crippen LogP contribution in [0.1, 0.15) is 37.6 Å². The molecule has 1 N–H and O–H groups in total. The molecule has 3 aromatic carbocycles. The molecule has 0 fully saturated rings. The molecule has 0 bridgehead atoms. The van der Waals surface area contributed by atoms with E-state index in [1.54, 1.807) is 50.4 Å². The molecular weight excluding hydrogens is 719 g/mol. The Hall–Kier alpha value is -5.79. The number of hydrogen-bond donors (Lipinski definition) is 1. The van der Waals surface area contributed by atoms with Crippen LogP contribution in [0.4, 0.5) is 4.39 Å². The number of hydrogen-bond acceptors (Lipinski definition) is 12. The SMILES string of the molecule is CCOC(=O)C(Cc1ccccc1OCc1ccnc(OCCOC(C)C)n1)Oc1ncnc2oc(-c3ccc(F)cc3)c(-c3ccc(O)c(Cl)c3C)c12. The molecule has 1 unspecified atom stereocenters. The number of furan rings is 1. The average Bonchev–Trinajstić information content (AvgIpc) is 3.56. The van der Waals surface area contributed by atoms with E-state index in [9.17, 15) is 14.3 Å². The monoisotopic (exact) mass is 756 g/mol. The van der Waals surface area contributed by atoms with Gasteiger partial charge < -0.3 is 33.2 Å². The van der Waals surface area contributed by atoms with Gasteiger partial charge in [0.25, 0.3) is 0 Å². The molecule has 54 heavy (non-hydrogen) atoms. The van der Waals surface area contributed by atoms with Crippen molar-refractivity contribution in [3.8, 4) is 45.8 Å². The zero-order valence-electron chi connectivity index (χ0n) is 30.0. The number of nitrogens with zero attached hydrogens (tertiary/aromatic N) is 4. The lowest BCUT2D eigenvalue weighted by Gasteiger charge is -2.19. The summed E-state index contributed by atoms with van der Waals surface area (Å²) in [4.78, 5) is 30.9. The van der Waals surface area contributed by atoms with E-state index in [1.807, 2.05) is 32.0 Å². The number of aromatic hydroxyl groups is 1. The van der Waals surface area contributed by atoms with Crippen LogP contribution < -0.4 is 14.2 Å².